The second-order valence-electron chi connectivity index (χ2n) is 1.94. The van der Waals surface area contributed by atoms with Gasteiger partial charge in [0.2, 0.25) is 0 Å². The third kappa shape index (κ3) is 2.68. The van der Waals surface area contributed by atoms with Crippen molar-refractivity contribution in [3.8, 4) is 11.5 Å². The van der Waals surface area contributed by atoms with E-state index >= 15 is 0 Å². The summed E-state index contributed by atoms with van der Waals surface area (Å²) in [6, 6.07) is 4.86. The highest BCUT2D eigenvalue weighted by molar-refractivity contribution is 6.15. The molecule has 3 heteroatoms. The lowest BCUT2D eigenvalue weighted by atomic mass is 10.2. The quantitative estimate of drug-likeness (QED) is 0.468. The van der Waals surface area contributed by atoms with Crippen LogP contribution in [0.4, 0.5) is 0 Å². The summed E-state index contributed by atoms with van der Waals surface area (Å²) >= 11 is 4.64. The van der Waals surface area contributed by atoms with E-state index in [2.05, 4.69) is 11.6 Å². The number of para-hydroxylation sites is 1. The zero-order chi connectivity index (χ0) is 8.85. The van der Waals surface area contributed by atoms with Gasteiger partial charge >= 0.3 is 0 Å². The molecule has 0 amide bonds. The Balaban J connectivity index is 0.000000461. The van der Waals surface area contributed by atoms with Crippen LogP contribution in [0.25, 0.3) is 0 Å². The molecular weight excluding hydrogens is 164 g/mol. The van der Waals surface area contributed by atoms with Crippen molar-refractivity contribution in [3.63, 3.8) is 0 Å². The number of alkyl halides is 1. The monoisotopic (exact) mass is 174 g/mol. The summed E-state index contributed by atoms with van der Waals surface area (Å²) in [4.78, 5) is 0. The first-order chi connectivity index (χ1) is 5.22. The van der Waals surface area contributed by atoms with E-state index in [0.29, 0.717) is 5.56 Å². The Morgan fingerprint density at radius 1 is 1.18 bits per heavy atom. The Bertz CT molecular complexity index is 203. The van der Waals surface area contributed by atoms with E-state index in [9.17, 15) is 0 Å². The highest BCUT2D eigenvalue weighted by Crippen LogP contribution is 2.26. The SMILES string of the molecule is CCl.Cc1cccc(O)c1O. The Morgan fingerprint density at radius 2 is 1.73 bits per heavy atom. The second kappa shape index (κ2) is 4.85. The number of halogens is 1. The first-order valence-corrected chi connectivity index (χ1v) is 3.83. The summed E-state index contributed by atoms with van der Waals surface area (Å²) in [5.41, 5.74) is 0.690. The molecule has 1 aromatic rings. The number of hydrogen-bond donors (Lipinski definition) is 2. The molecule has 0 fully saturated rings. The maximum atomic E-state index is 8.96. The summed E-state index contributed by atoms with van der Waals surface area (Å²) in [7, 11) is 0. The number of phenolic OH excluding ortho intramolecular Hbond substituents is 2. The largest absolute Gasteiger partial charge is 0.504 e. The molecule has 0 aliphatic heterocycles. The summed E-state index contributed by atoms with van der Waals surface area (Å²) < 4.78 is 0. The van der Waals surface area contributed by atoms with Crippen LogP contribution in [0.2, 0.25) is 0 Å². The molecule has 0 heterocycles. The van der Waals surface area contributed by atoms with E-state index < -0.39 is 0 Å². The number of aromatic hydroxyl groups is 2. The molecule has 11 heavy (non-hydrogen) atoms. The van der Waals surface area contributed by atoms with Gasteiger partial charge < -0.3 is 10.2 Å². The predicted molar refractivity (Wildman–Crippen MR) is 46.3 cm³/mol. The Kier molecular flexibility index (Phi) is 4.46. The molecule has 2 N–H and O–H groups in total. The van der Waals surface area contributed by atoms with E-state index in [1.807, 2.05) is 0 Å². The van der Waals surface area contributed by atoms with Crippen LogP contribution in [-0.2, 0) is 0 Å². The van der Waals surface area contributed by atoms with E-state index in [1.54, 1.807) is 19.1 Å². The molecule has 0 aliphatic carbocycles. The Hall–Kier alpha value is -0.890. The number of benzene rings is 1. The van der Waals surface area contributed by atoms with E-state index in [0.717, 1.165) is 0 Å². The van der Waals surface area contributed by atoms with E-state index in [1.165, 1.54) is 12.4 Å². The van der Waals surface area contributed by atoms with Crippen LogP contribution in [0.1, 0.15) is 5.56 Å². The van der Waals surface area contributed by atoms with Gasteiger partial charge in [-0.05, 0) is 18.6 Å². The van der Waals surface area contributed by atoms with E-state index in [-0.39, 0.29) is 11.5 Å². The molecule has 0 radical (unpaired) electrons. The highest BCUT2D eigenvalue weighted by atomic mass is 35.5. The van der Waals surface area contributed by atoms with Gasteiger partial charge in [0, 0.05) is 6.38 Å². The summed E-state index contributed by atoms with van der Waals surface area (Å²) in [6.07, 6.45) is 1.47. The zero-order valence-electron chi connectivity index (χ0n) is 6.50. The van der Waals surface area contributed by atoms with Crippen molar-refractivity contribution in [2.24, 2.45) is 0 Å². The fraction of sp³-hybridized carbons (Fsp3) is 0.250. The van der Waals surface area contributed by atoms with Gasteiger partial charge in [0.15, 0.2) is 11.5 Å². The number of phenols is 2. The smallest absolute Gasteiger partial charge is 0.160 e. The molecule has 0 aromatic heterocycles. The first kappa shape index (κ1) is 10.1. The molecule has 0 saturated carbocycles. The molecule has 0 aliphatic rings. The number of hydrogen-bond acceptors (Lipinski definition) is 2. The zero-order valence-corrected chi connectivity index (χ0v) is 7.26. The number of rotatable bonds is 0. The highest BCUT2D eigenvalue weighted by Gasteiger charge is 1.98. The third-order valence-electron chi connectivity index (χ3n) is 1.22. The molecule has 0 saturated heterocycles. The van der Waals surface area contributed by atoms with Crippen LogP contribution < -0.4 is 0 Å². The van der Waals surface area contributed by atoms with Gasteiger partial charge in [-0.1, -0.05) is 12.1 Å². The van der Waals surface area contributed by atoms with Crippen molar-refractivity contribution in [2.45, 2.75) is 6.92 Å². The van der Waals surface area contributed by atoms with Crippen LogP contribution in [0, 0.1) is 6.92 Å². The van der Waals surface area contributed by atoms with Crippen LogP contribution in [-0.4, -0.2) is 16.6 Å². The van der Waals surface area contributed by atoms with Crippen molar-refractivity contribution >= 4 is 11.6 Å². The normalized spacial score (nSPS) is 8.27. The molecule has 1 aromatic carbocycles. The van der Waals surface area contributed by atoms with Crippen molar-refractivity contribution < 1.29 is 10.2 Å². The maximum Gasteiger partial charge on any atom is 0.160 e. The van der Waals surface area contributed by atoms with Gasteiger partial charge in [0.1, 0.15) is 0 Å². The van der Waals surface area contributed by atoms with E-state index in [4.69, 9.17) is 10.2 Å². The van der Waals surface area contributed by atoms with Gasteiger partial charge in [-0.15, -0.1) is 11.6 Å². The average molecular weight is 175 g/mol. The minimum atomic E-state index is -0.0602. The fourth-order valence-corrected chi connectivity index (χ4v) is 0.643. The lowest BCUT2D eigenvalue weighted by Gasteiger charge is -1.97. The lowest BCUT2D eigenvalue weighted by Crippen LogP contribution is -1.72. The third-order valence-corrected chi connectivity index (χ3v) is 1.22. The summed E-state index contributed by atoms with van der Waals surface area (Å²) in [5.74, 6) is -0.0903. The molecule has 1 rings (SSSR count). The summed E-state index contributed by atoms with van der Waals surface area (Å²) in [6.45, 7) is 1.73. The molecule has 0 bridgehead atoms. The molecular formula is C8H11ClO2. The molecule has 0 atom stereocenters. The first-order valence-electron chi connectivity index (χ1n) is 3.07. The van der Waals surface area contributed by atoms with Gasteiger partial charge in [0.25, 0.3) is 0 Å². The molecule has 0 spiro atoms. The average Bonchev–Trinajstić information content (AvgIpc) is 2.04. The molecule has 62 valence electrons. The van der Waals surface area contributed by atoms with Crippen LogP contribution in [0.5, 0.6) is 11.5 Å². The lowest BCUT2D eigenvalue weighted by molar-refractivity contribution is 0.401. The van der Waals surface area contributed by atoms with Crippen molar-refractivity contribution in [1.82, 2.24) is 0 Å². The number of aryl methyl sites for hydroxylation is 1. The molecule has 0 unspecified atom stereocenters. The van der Waals surface area contributed by atoms with Crippen molar-refractivity contribution in [3.05, 3.63) is 23.8 Å². The standard InChI is InChI=1S/C7H8O2.CH3Cl/c1-5-3-2-4-6(8)7(5)9;1-2/h2-4,8-9H,1H3;1H3. The van der Waals surface area contributed by atoms with Gasteiger partial charge in [-0.3, -0.25) is 0 Å². The van der Waals surface area contributed by atoms with Crippen molar-refractivity contribution in [2.75, 3.05) is 6.38 Å². The van der Waals surface area contributed by atoms with Gasteiger partial charge in [-0.25, -0.2) is 0 Å². The maximum absolute atomic E-state index is 8.96. The van der Waals surface area contributed by atoms with Gasteiger partial charge in [0.05, 0.1) is 0 Å². The van der Waals surface area contributed by atoms with Gasteiger partial charge in [-0.2, -0.15) is 0 Å². The van der Waals surface area contributed by atoms with Crippen LogP contribution >= 0.6 is 11.6 Å². The predicted octanol–water partition coefficient (Wildman–Crippen LogP) is 2.26. The Morgan fingerprint density at radius 3 is 2.09 bits per heavy atom. The second-order valence-corrected chi connectivity index (χ2v) is 1.94. The molecule has 2 nitrogen and oxygen atoms in total. The topological polar surface area (TPSA) is 40.5 Å². The van der Waals surface area contributed by atoms with Crippen molar-refractivity contribution in [1.29, 1.82) is 0 Å². The van der Waals surface area contributed by atoms with Crippen LogP contribution in [0.3, 0.4) is 0 Å². The minimum absolute atomic E-state index is 0.0301. The fourth-order valence-electron chi connectivity index (χ4n) is 0.643. The Labute approximate surface area is 71.1 Å². The minimum Gasteiger partial charge on any atom is -0.504 e. The summed E-state index contributed by atoms with van der Waals surface area (Å²) in [5, 5.41) is 17.8. The van der Waals surface area contributed by atoms with Crippen LogP contribution in [0.15, 0.2) is 18.2 Å².